The molecule has 2 amide bonds. The minimum Gasteiger partial charge on any atom is -0.329 e. The lowest BCUT2D eigenvalue weighted by Gasteiger charge is -2.11. The third kappa shape index (κ3) is 2.92. The molecule has 108 valence electrons. The Morgan fingerprint density at radius 1 is 1.24 bits per heavy atom. The summed E-state index contributed by atoms with van der Waals surface area (Å²) in [6.45, 7) is 0.174. The van der Waals surface area contributed by atoms with Crippen LogP contribution in [0.5, 0.6) is 0 Å². The largest absolute Gasteiger partial charge is 0.329 e. The van der Waals surface area contributed by atoms with Gasteiger partial charge in [-0.25, -0.2) is 9.37 Å². The average Bonchev–Trinajstić information content (AvgIpc) is 3.03. The van der Waals surface area contributed by atoms with Crippen molar-refractivity contribution in [3.8, 4) is 0 Å². The molecule has 1 aromatic carbocycles. The maximum absolute atomic E-state index is 13.5. The maximum atomic E-state index is 13.5. The Labute approximate surface area is 124 Å². The Kier molecular flexibility index (Phi) is 3.66. The number of carbonyl (C=O) groups excluding carboxylic acids is 2. The third-order valence-electron chi connectivity index (χ3n) is 3.14. The first kappa shape index (κ1) is 13.7. The molecule has 0 atom stereocenters. The summed E-state index contributed by atoms with van der Waals surface area (Å²) >= 11 is 1.30. The van der Waals surface area contributed by atoms with Gasteiger partial charge in [0.05, 0.1) is 17.9 Å². The number of aromatic nitrogens is 1. The van der Waals surface area contributed by atoms with E-state index in [1.54, 1.807) is 23.6 Å². The van der Waals surface area contributed by atoms with Gasteiger partial charge in [-0.2, -0.15) is 0 Å². The van der Waals surface area contributed by atoms with Gasteiger partial charge in [0.15, 0.2) is 5.13 Å². The number of thiazole rings is 1. The van der Waals surface area contributed by atoms with Gasteiger partial charge in [0.1, 0.15) is 5.82 Å². The first-order valence-electron chi connectivity index (χ1n) is 6.42. The van der Waals surface area contributed by atoms with Crippen molar-refractivity contribution < 1.29 is 14.0 Å². The standard InChI is InChI=1S/C14H12FN3O2S/c15-10-3-1-2-4-11(10)17-14-16-9(8-21-14)7-18-12(19)5-6-13(18)20/h1-4,8H,5-7H2,(H,16,17). The highest BCUT2D eigenvalue weighted by atomic mass is 32.1. The van der Waals surface area contributed by atoms with E-state index in [0.717, 1.165) is 0 Å². The molecule has 0 spiro atoms. The number of rotatable bonds is 4. The molecular weight excluding hydrogens is 293 g/mol. The fourth-order valence-corrected chi connectivity index (χ4v) is 2.79. The molecule has 2 heterocycles. The Balaban J connectivity index is 1.71. The van der Waals surface area contributed by atoms with Crippen LogP contribution >= 0.6 is 11.3 Å². The number of anilines is 2. The number of halogens is 1. The predicted molar refractivity (Wildman–Crippen MR) is 76.6 cm³/mol. The van der Waals surface area contributed by atoms with E-state index in [1.807, 2.05) is 0 Å². The van der Waals surface area contributed by atoms with Crippen LogP contribution in [0.3, 0.4) is 0 Å². The van der Waals surface area contributed by atoms with E-state index in [0.29, 0.717) is 16.5 Å². The summed E-state index contributed by atoms with van der Waals surface area (Å²) in [4.78, 5) is 28.6. The molecular formula is C14H12FN3O2S. The molecule has 3 rings (SSSR count). The van der Waals surface area contributed by atoms with Crippen LogP contribution in [-0.2, 0) is 16.1 Å². The Bertz CT molecular complexity index is 685. The van der Waals surface area contributed by atoms with Crippen LogP contribution in [0.2, 0.25) is 0 Å². The van der Waals surface area contributed by atoms with Gasteiger partial charge >= 0.3 is 0 Å². The fraction of sp³-hybridized carbons (Fsp3) is 0.214. The molecule has 1 fully saturated rings. The Morgan fingerprint density at radius 2 is 1.95 bits per heavy atom. The van der Waals surface area contributed by atoms with Crippen LogP contribution in [0.4, 0.5) is 15.2 Å². The second-order valence-electron chi connectivity index (χ2n) is 4.62. The van der Waals surface area contributed by atoms with Crippen LogP contribution in [0, 0.1) is 5.82 Å². The van der Waals surface area contributed by atoms with E-state index < -0.39 is 0 Å². The molecule has 1 N–H and O–H groups in total. The molecule has 0 unspecified atom stereocenters. The zero-order chi connectivity index (χ0) is 14.8. The number of benzene rings is 1. The maximum Gasteiger partial charge on any atom is 0.230 e. The molecule has 2 aromatic rings. The molecule has 0 aliphatic carbocycles. The molecule has 1 aromatic heterocycles. The minimum absolute atomic E-state index is 0.170. The van der Waals surface area contributed by atoms with Crippen molar-refractivity contribution in [3.05, 3.63) is 41.2 Å². The fourth-order valence-electron chi connectivity index (χ4n) is 2.08. The number of amides is 2. The first-order chi connectivity index (χ1) is 10.1. The van der Waals surface area contributed by atoms with Crippen LogP contribution in [-0.4, -0.2) is 21.7 Å². The number of carbonyl (C=O) groups is 2. The highest BCUT2D eigenvalue weighted by Gasteiger charge is 2.29. The molecule has 0 saturated carbocycles. The van der Waals surface area contributed by atoms with Crippen molar-refractivity contribution in [1.82, 2.24) is 9.88 Å². The van der Waals surface area contributed by atoms with Crippen molar-refractivity contribution in [2.24, 2.45) is 0 Å². The number of nitrogens with one attached hydrogen (secondary N) is 1. The lowest BCUT2D eigenvalue weighted by molar-refractivity contribution is -0.139. The van der Waals surface area contributed by atoms with Gasteiger partial charge in [-0.1, -0.05) is 12.1 Å². The average molecular weight is 305 g/mol. The van der Waals surface area contributed by atoms with Gasteiger partial charge in [-0.3, -0.25) is 14.5 Å². The smallest absolute Gasteiger partial charge is 0.230 e. The van der Waals surface area contributed by atoms with E-state index in [-0.39, 0.29) is 37.0 Å². The highest BCUT2D eigenvalue weighted by Crippen LogP contribution is 2.24. The third-order valence-corrected chi connectivity index (χ3v) is 3.95. The molecule has 7 heteroatoms. The Morgan fingerprint density at radius 3 is 2.67 bits per heavy atom. The summed E-state index contributed by atoms with van der Waals surface area (Å²) in [5.41, 5.74) is 0.953. The lowest BCUT2D eigenvalue weighted by atomic mass is 10.3. The van der Waals surface area contributed by atoms with E-state index in [1.165, 1.54) is 22.3 Å². The minimum atomic E-state index is -0.362. The Hall–Kier alpha value is -2.28. The van der Waals surface area contributed by atoms with Crippen molar-refractivity contribution in [2.45, 2.75) is 19.4 Å². The second kappa shape index (κ2) is 5.61. The number of nitrogens with zero attached hydrogens (tertiary/aromatic N) is 2. The molecule has 5 nitrogen and oxygen atoms in total. The zero-order valence-electron chi connectivity index (χ0n) is 11.0. The van der Waals surface area contributed by atoms with Gasteiger partial charge in [0.2, 0.25) is 11.8 Å². The summed E-state index contributed by atoms with van der Waals surface area (Å²) in [6, 6.07) is 6.31. The zero-order valence-corrected chi connectivity index (χ0v) is 11.8. The van der Waals surface area contributed by atoms with E-state index in [4.69, 9.17) is 0 Å². The first-order valence-corrected chi connectivity index (χ1v) is 7.30. The lowest BCUT2D eigenvalue weighted by Crippen LogP contribution is -2.28. The number of hydrogen-bond acceptors (Lipinski definition) is 5. The summed E-state index contributed by atoms with van der Waals surface area (Å²) in [7, 11) is 0. The molecule has 0 radical (unpaired) electrons. The molecule has 1 aliphatic rings. The van der Waals surface area contributed by atoms with Crippen LogP contribution < -0.4 is 5.32 Å². The number of likely N-dealkylation sites (tertiary alicyclic amines) is 1. The van der Waals surface area contributed by atoms with Gasteiger partial charge < -0.3 is 5.32 Å². The SMILES string of the molecule is O=C1CCC(=O)N1Cc1csc(Nc2ccccc2F)n1. The molecule has 0 bridgehead atoms. The quantitative estimate of drug-likeness (QED) is 0.882. The monoisotopic (exact) mass is 305 g/mol. The predicted octanol–water partition coefficient (Wildman–Crippen LogP) is 2.67. The molecule has 1 saturated heterocycles. The summed E-state index contributed by atoms with van der Waals surface area (Å²) in [5.74, 6) is -0.702. The second-order valence-corrected chi connectivity index (χ2v) is 5.48. The normalized spacial score (nSPS) is 14.8. The van der Waals surface area contributed by atoms with Crippen molar-refractivity contribution >= 4 is 34.0 Å². The molecule has 21 heavy (non-hydrogen) atoms. The molecule has 1 aliphatic heterocycles. The topological polar surface area (TPSA) is 62.3 Å². The summed E-state index contributed by atoms with van der Waals surface area (Å²) in [6.07, 6.45) is 0.534. The van der Waals surface area contributed by atoms with Gasteiger partial charge in [-0.15, -0.1) is 11.3 Å². The van der Waals surface area contributed by atoms with Crippen LogP contribution in [0.25, 0.3) is 0 Å². The van der Waals surface area contributed by atoms with Crippen molar-refractivity contribution in [3.63, 3.8) is 0 Å². The highest BCUT2D eigenvalue weighted by molar-refractivity contribution is 7.13. The van der Waals surface area contributed by atoms with Crippen molar-refractivity contribution in [1.29, 1.82) is 0 Å². The van der Waals surface area contributed by atoms with E-state index >= 15 is 0 Å². The van der Waals surface area contributed by atoms with Crippen LogP contribution in [0.15, 0.2) is 29.6 Å². The van der Waals surface area contributed by atoms with E-state index in [9.17, 15) is 14.0 Å². The van der Waals surface area contributed by atoms with Crippen molar-refractivity contribution in [2.75, 3.05) is 5.32 Å². The van der Waals surface area contributed by atoms with Crippen LogP contribution in [0.1, 0.15) is 18.5 Å². The van der Waals surface area contributed by atoms with E-state index in [2.05, 4.69) is 10.3 Å². The van der Waals surface area contributed by atoms with Gasteiger partial charge in [0, 0.05) is 18.2 Å². The summed E-state index contributed by atoms with van der Waals surface area (Å²) in [5, 5.41) is 5.16. The number of hydrogen-bond donors (Lipinski definition) is 1. The van der Waals surface area contributed by atoms with Gasteiger partial charge in [0.25, 0.3) is 0 Å². The van der Waals surface area contributed by atoms with Gasteiger partial charge in [-0.05, 0) is 12.1 Å². The number of imide groups is 1. The number of para-hydroxylation sites is 1. The summed E-state index contributed by atoms with van der Waals surface area (Å²) < 4.78 is 13.5.